The quantitative estimate of drug-likeness (QED) is 0.568. The first-order chi connectivity index (χ1) is 15.0. The first-order valence-electron chi connectivity index (χ1n) is 10.5. The maximum Gasteiger partial charge on any atom is 0.371 e. The molecule has 6 nitrogen and oxygen atoms in total. The minimum Gasteiger partial charge on any atom is -0.496 e. The molecule has 0 spiro atoms. The van der Waals surface area contributed by atoms with Gasteiger partial charge >= 0.3 is 5.97 Å². The van der Waals surface area contributed by atoms with Gasteiger partial charge in [-0.15, -0.1) is 6.58 Å². The van der Waals surface area contributed by atoms with Gasteiger partial charge in [-0.05, 0) is 42.7 Å². The van der Waals surface area contributed by atoms with Crippen molar-refractivity contribution in [3.63, 3.8) is 0 Å². The summed E-state index contributed by atoms with van der Waals surface area (Å²) in [6.07, 6.45) is 2.70. The van der Waals surface area contributed by atoms with E-state index in [2.05, 4.69) is 34.6 Å². The molecule has 0 saturated carbocycles. The number of ether oxygens (including phenoxy) is 1. The van der Waals surface area contributed by atoms with Crippen molar-refractivity contribution in [2.45, 2.75) is 19.9 Å². The molecule has 0 radical (unpaired) electrons. The van der Waals surface area contributed by atoms with Gasteiger partial charge in [-0.2, -0.15) is 0 Å². The van der Waals surface area contributed by atoms with Gasteiger partial charge in [0.15, 0.2) is 0 Å². The number of carbonyl (C=O) groups is 1. The lowest BCUT2D eigenvalue weighted by Crippen LogP contribution is -2.46. The van der Waals surface area contributed by atoms with Crippen molar-refractivity contribution in [2.75, 3.05) is 38.2 Å². The van der Waals surface area contributed by atoms with E-state index in [1.807, 2.05) is 25.1 Å². The summed E-state index contributed by atoms with van der Waals surface area (Å²) in [6, 6.07) is 11.8. The molecule has 0 bridgehead atoms. The van der Waals surface area contributed by atoms with E-state index < -0.39 is 5.97 Å². The fourth-order valence-electron chi connectivity index (χ4n) is 4.42. The summed E-state index contributed by atoms with van der Waals surface area (Å²) in [5.74, 6) is -0.105. The van der Waals surface area contributed by atoms with Gasteiger partial charge in [-0.1, -0.05) is 24.3 Å². The normalized spacial score (nSPS) is 14.7. The number of carboxylic acid groups (broad SMARTS) is 1. The molecule has 1 N–H and O–H groups in total. The zero-order chi connectivity index (χ0) is 22.0. The summed E-state index contributed by atoms with van der Waals surface area (Å²) >= 11 is 0. The van der Waals surface area contributed by atoms with Crippen molar-refractivity contribution in [2.24, 2.45) is 0 Å². The number of benzene rings is 2. The van der Waals surface area contributed by atoms with Crippen LogP contribution in [-0.4, -0.2) is 49.3 Å². The number of nitrogens with zero attached hydrogens (tertiary/aromatic N) is 2. The van der Waals surface area contributed by atoms with Crippen LogP contribution in [0.1, 0.15) is 27.2 Å². The van der Waals surface area contributed by atoms with Gasteiger partial charge in [0, 0.05) is 49.4 Å². The number of methoxy groups -OCH3 is 1. The number of para-hydroxylation sites is 1. The van der Waals surface area contributed by atoms with Gasteiger partial charge < -0.3 is 19.2 Å². The van der Waals surface area contributed by atoms with Crippen LogP contribution in [-0.2, 0) is 13.0 Å². The van der Waals surface area contributed by atoms with Gasteiger partial charge in [-0.25, -0.2) is 4.79 Å². The van der Waals surface area contributed by atoms with Gasteiger partial charge in [0.25, 0.3) is 0 Å². The van der Waals surface area contributed by atoms with Crippen LogP contribution in [0.25, 0.3) is 11.0 Å². The summed E-state index contributed by atoms with van der Waals surface area (Å²) < 4.78 is 11.1. The fraction of sp³-hybridized carbons (Fsp3) is 0.320. The standard InChI is InChI=1S/C25H28N2O4/c1-4-6-18-7-5-8-19(24(18)30-3)16-26-11-13-27(14-12-26)21-9-10-22-20(17(21)2)15-23(31-22)25(28)29/h4-5,7-10,15H,1,6,11-14,16H2,2-3H3,(H,28,29). The molecule has 0 unspecified atom stereocenters. The SMILES string of the molecule is C=CCc1cccc(CN2CCN(c3ccc4oc(C(=O)O)cc4c3C)CC2)c1OC. The molecule has 0 aliphatic carbocycles. The fourth-order valence-corrected chi connectivity index (χ4v) is 4.42. The number of hydrogen-bond donors (Lipinski definition) is 1. The molecular formula is C25H28N2O4. The number of fused-ring (bicyclic) bond motifs is 1. The van der Waals surface area contributed by atoms with Crippen LogP contribution >= 0.6 is 0 Å². The number of hydrogen-bond acceptors (Lipinski definition) is 5. The predicted molar refractivity (Wildman–Crippen MR) is 122 cm³/mol. The van der Waals surface area contributed by atoms with E-state index in [0.717, 1.165) is 61.5 Å². The highest BCUT2D eigenvalue weighted by Crippen LogP contribution is 2.32. The third-order valence-electron chi connectivity index (χ3n) is 6.01. The average Bonchev–Trinajstić information content (AvgIpc) is 3.21. The van der Waals surface area contributed by atoms with E-state index >= 15 is 0 Å². The zero-order valence-corrected chi connectivity index (χ0v) is 18.1. The summed E-state index contributed by atoms with van der Waals surface area (Å²) in [5, 5.41) is 10.1. The van der Waals surface area contributed by atoms with Crippen LogP contribution in [0, 0.1) is 6.92 Å². The lowest BCUT2D eigenvalue weighted by molar-refractivity contribution is 0.0665. The Bertz CT molecular complexity index is 1110. The average molecular weight is 421 g/mol. The summed E-state index contributed by atoms with van der Waals surface area (Å²) in [4.78, 5) is 16.0. The first-order valence-corrected chi connectivity index (χ1v) is 10.5. The largest absolute Gasteiger partial charge is 0.496 e. The number of piperazine rings is 1. The Hall–Kier alpha value is -3.25. The van der Waals surface area contributed by atoms with Crippen molar-refractivity contribution in [1.82, 2.24) is 4.90 Å². The lowest BCUT2D eigenvalue weighted by Gasteiger charge is -2.37. The molecule has 4 rings (SSSR count). The van der Waals surface area contributed by atoms with E-state index in [1.54, 1.807) is 13.2 Å². The van der Waals surface area contributed by atoms with Gasteiger partial charge in [0.1, 0.15) is 11.3 Å². The molecule has 1 aliphatic rings. The molecule has 2 heterocycles. The molecule has 1 aliphatic heterocycles. The Morgan fingerprint density at radius 2 is 1.94 bits per heavy atom. The van der Waals surface area contributed by atoms with Crippen LogP contribution in [0.3, 0.4) is 0 Å². The van der Waals surface area contributed by atoms with Crippen molar-refractivity contribution in [1.29, 1.82) is 0 Å². The molecule has 1 aromatic heterocycles. The second kappa shape index (κ2) is 8.86. The highest BCUT2D eigenvalue weighted by Gasteiger charge is 2.22. The number of aromatic carboxylic acids is 1. The molecule has 0 atom stereocenters. The van der Waals surface area contributed by atoms with Crippen molar-refractivity contribution >= 4 is 22.6 Å². The monoisotopic (exact) mass is 420 g/mol. The van der Waals surface area contributed by atoms with E-state index in [4.69, 9.17) is 9.15 Å². The predicted octanol–water partition coefficient (Wildman–Crippen LogP) is 4.50. The Labute approximate surface area is 182 Å². The number of aryl methyl sites for hydroxylation is 1. The van der Waals surface area contributed by atoms with Crippen LogP contribution in [0.15, 0.2) is 53.5 Å². The molecule has 162 valence electrons. The first kappa shape index (κ1) is 21.0. The maximum absolute atomic E-state index is 11.2. The number of furan rings is 1. The maximum atomic E-state index is 11.2. The molecule has 3 aromatic rings. The van der Waals surface area contributed by atoms with Gasteiger partial charge in [-0.3, -0.25) is 4.90 Å². The summed E-state index contributed by atoms with van der Waals surface area (Å²) in [5.41, 5.74) is 5.17. The zero-order valence-electron chi connectivity index (χ0n) is 18.1. The van der Waals surface area contributed by atoms with Crippen LogP contribution in [0.4, 0.5) is 5.69 Å². The third-order valence-corrected chi connectivity index (χ3v) is 6.01. The Morgan fingerprint density at radius 3 is 2.61 bits per heavy atom. The Balaban J connectivity index is 1.47. The molecule has 1 saturated heterocycles. The van der Waals surface area contributed by atoms with E-state index in [9.17, 15) is 9.90 Å². The lowest BCUT2D eigenvalue weighted by atomic mass is 10.0. The van der Waals surface area contributed by atoms with Crippen molar-refractivity contribution in [3.8, 4) is 5.75 Å². The highest BCUT2D eigenvalue weighted by molar-refractivity contribution is 5.94. The molecular weight excluding hydrogens is 392 g/mol. The molecule has 6 heteroatoms. The van der Waals surface area contributed by atoms with Crippen LogP contribution in [0.2, 0.25) is 0 Å². The minimum atomic E-state index is -1.04. The van der Waals surface area contributed by atoms with Crippen molar-refractivity contribution < 1.29 is 19.1 Å². The smallest absolute Gasteiger partial charge is 0.371 e. The van der Waals surface area contributed by atoms with Gasteiger partial charge in [0.2, 0.25) is 5.76 Å². The van der Waals surface area contributed by atoms with Crippen molar-refractivity contribution in [3.05, 3.63) is 71.5 Å². The number of allylic oxidation sites excluding steroid dienone is 1. The summed E-state index contributed by atoms with van der Waals surface area (Å²) in [7, 11) is 1.73. The van der Waals surface area contributed by atoms with Gasteiger partial charge in [0.05, 0.1) is 7.11 Å². The minimum absolute atomic E-state index is 0.0206. The van der Waals surface area contributed by atoms with E-state index in [-0.39, 0.29) is 5.76 Å². The highest BCUT2D eigenvalue weighted by atomic mass is 16.5. The van der Waals surface area contributed by atoms with E-state index in [1.165, 1.54) is 11.1 Å². The second-order valence-electron chi connectivity index (χ2n) is 7.90. The van der Waals surface area contributed by atoms with Crippen LogP contribution in [0.5, 0.6) is 5.75 Å². The Kier molecular flexibility index (Phi) is 6.00. The number of anilines is 1. The molecule has 1 fully saturated rings. The Morgan fingerprint density at radius 1 is 1.19 bits per heavy atom. The number of rotatable bonds is 7. The second-order valence-corrected chi connectivity index (χ2v) is 7.90. The molecule has 2 aromatic carbocycles. The van der Waals surface area contributed by atoms with Crippen LogP contribution < -0.4 is 9.64 Å². The number of carboxylic acids is 1. The topological polar surface area (TPSA) is 66.2 Å². The van der Waals surface area contributed by atoms with E-state index in [0.29, 0.717) is 5.58 Å². The molecule has 31 heavy (non-hydrogen) atoms. The summed E-state index contributed by atoms with van der Waals surface area (Å²) in [6.45, 7) is 10.4. The molecule has 0 amide bonds. The third kappa shape index (κ3) is 4.16.